The maximum Gasteiger partial charge on any atom is 0.417 e. The SMILES string of the molecule is Cc1ncc(C(F)(F)F)cc1NC(C)c1ccc(C(=O)NC(CC2CCCC2)C(=O)NC2CC2)s1. The monoisotopic (exact) mass is 508 g/mol. The molecule has 2 aromatic rings. The molecular formula is C25H31F3N4O2S. The average molecular weight is 509 g/mol. The van der Waals surface area contributed by atoms with Crippen LogP contribution in [0.25, 0.3) is 0 Å². The molecule has 0 spiro atoms. The zero-order valence-corrected chi connectivity index (χ0v) is 20.7. The van der Waals surface area contributed by atoms with Crippen molar-refractivity contribution in [3.8, 4) is 0 Å². The minimum Gasteiger partial charge on any atom is -0.376 e. The lowest BCUT2D eigenvalue weighted by Crippen LogP contribution is -2.48. The average Bonchev–Trinajstić information content (AvgIpc) is 3.25. The van der Waals surface area contributed by atoms with Crippen molar-refractivity contribution in [3.05, 3.63) is 45.4 Å². The van der Waals surface area contributed by atoms with E-state index >= 15 is 0 Å². The fraction of sp³-hybridized carbons (Fsp3) is 0.560. The van der Waals surface area contributed by atoms with Gasteiger partial charge in [-0.15, -0.1) is 11.3 Å². The highest BCUT2D eigenvalue weighted by Crippen LogP contribution is 2.33. The standard InChI is InChI=1S/C25H31F3N4O2S/c1-14-19(12-17(13-29-14)25(26,27)28)30-15(2)21-9-10-22(35-21)24(34)32-20(11-16-5-3-4-6-16)23(33)31-18-7-8-18/h9-10,12-13,15-16,18,20,30H,3-8,11H2,1-2H3,(H,31,33)(H,32,34). The van der Waals surface area contributed by atoms with E-state index < -0.39 is 17.8 Å². The molecule has 2 fully saturated rings. The molecule has 2 aromatic heterocycles. The Labute approximate surface area is 207 Å². The third kappa shape index (κ3) is 6.74. The van der Waals surface area contributed by atoms with E-state index in [0.717, 1.165) is 55.7 Å². The Balaban J connectivity index is 1.41. The number of thiophene rings is 1. The number of pyridine rings is 1. The van der Waals surface area contributed by atoms with Crippen LogP contribution in [0.1, 0.15) is 83.7 Å². The number of halogens is 3. The van der Waals surface area contributed by atoms with Crippen LogP contribution in [0.4, 0.5) is 18.9 Å². The Bertz CT molecular complexity index is 1060. The van der Waals surface area contributed by atoms with Crippen LogP contribution in [-0.4, -0.2) is 28.9 Å². The second kappa shape index (κ2) is 10.6. The highest BCUT2D eigenvalue weighted by molar-refractivity contribution is 7.14. The van der Waals surface area contributed by atoms with Crippen molar-refractivity contribution in [2.75, 3.05) is 5.32 Å². The highest BCUT2D eigenvalue weighted by Gasteiger charge is 2.33. The molecule has 0 bridgehead atoms. The Hall–Kier alpha value is -2.62. The quantitative estimate of drug-likeness (QED) is 0.412. The van der Waals surface area contributed by atoms with Crippen molar-refractivity contribution >= 4 is 28.8 Å². The zero-order chi connectivity index (χ0) is 25.2. The summed E-state index contributed by atoms with van der Waals surface area (Å²) in [5, 5.41) is 9.02. The number of aryl methyl sites for hydroxylation is 1. The van der Waals surface area contributed by atoms with E-state index in [1.54, 1.807) is 19.1 Å². The number of alkyl halides is 3. The normalized spacial score (nSPS) is 18.2. The van der Waals surface area contributed by atoms with Crippen molar-refractivity contribution in [2.45, 2.75) is 83.1 Å². The summed E-state index contributed by atoms with van der Waals surface area (Å²) in [6.45, 7) is 3.46. The third-order valence-electron chi connectivity index (χ3n) is 6.65. The Kier molecular flexibility index (Phi) is 7.68. The van der Waals surface area contributed by atoms with Crippen molar-refractivity contribution < 1.29 is 22.8 Å². The van der Waals surface area contributed by atoms with Gasteiger partial charge in [0.05, 0.1) is 27.9 Å². The molecule has 0 aliphatic heterocycles. The molecule has 2 unspecified atom stereocenters. The zero-order valence-electron chi connectivity index (χ0n) is 19.9. The molecule has 3 N–H and O–H groups in total. The molecule has 6 nitrogen and oxygen atoms in total. The summed E-state index contributed by atoms with van der Waals surface area (Å²) < 4.78 is 39.2. The van der Waals surface area contributed by atoms with Gasteiger partial charge in [-0.2, -0.15) is 13.2 Å². The molecule has 2 heterocycles. The van der Waals surface area contributed by atoms with Crippen molar-refractivity contribution in [1.29, 1.82) is 0 Å². The second-order valence-corrected chi connectivity index (χ2v) is 10.7. The number of nitrogens with zero attached hydrogens (tertiary/aromatic N) is 1. The molecule has 190 valence electrons. The largest absolute Gasteiger partial charge is 0.417 e. The highest BCUT2D eigenvalue weighted by atomic mass is 32.1. The smallest absolute Gasteiger partial charge is 0.376 e. The third-order valence-corrected chi connectivity index (χ3v) is 7.92. The van der Waals surface area contributed by atoms with Crippen molar-refractivity contribution in [3.63, 3.8) is 0 Å². The van der Waals surface area contributed by atoms with Gasteiger partial charge in [0.2, 0.25) is 5.91 Å². The van der Waals surface area contributed by atoms with Crippen LogP contribution in [0, 0.1) is 12.8 Å². The molecule has 0 radical (unpaired) electrons. The molecule has 2 aliphatic carbocycles. The van der Waals surface area contributed by atoms with Gasteiger partial charge in [0.15, 0.2) is 0 Å². The van der Waals surface area contributed by atoms with Gasteiger partial charge in [0.25, 0.3) is 5.91 Å². The first-order valence-electron chi connectivity index (χ1n) is 12.1. The van der Waals surface area contributed by atoms with Crippen LogP contribution < -0.4 is 16.0 Å². The van der Waals surface area contributed by atoms with Crippen LogP contribution in [0.15, 0.2) is 24.4 Å². The lowest BCUT2D eigenvalue weighted by molar-refractivity contribution is -0.137. The Morgan fingerprint density at radius 3 is 2.54 bits per heavy atom. The number of hydrogen-bond donors (Lipinski definition) is 3. The van der Waals surface area contributed by atoms with Crippen LogP contribution in [0.5, 0.6) is 0 Å². The molecule has 4 rings (SSSR count). The molecule has 0 saturated heterocycles. The van der Waals surface area contributed by atoms with Crippen molar-refractivity contribution in [2.24, 2.45) is 5.92 Å². The van der Waals surface area contributed by atoms with Gasteiger partial charge < -0.3 is 16.0 Å². The van der Waals surface area contributed by atoms with Gasteiger partial charge in [-0.3, -0.25) is 14.6 Å². The minimum atomic E-state index is -4.48. The first-order chi connectivity index (χ1) is 16.6. The van der Waals surface area contributed by atoms with E-state index in [1.807, 2.05) is 6.92 Å². The van der Waals surface area contributed by atoms with Gasteiger partial charge in [-0.1, -0.05) is 25.7 Å². The first kappa shape index (κ1) is 25.5. The van der Waals surface area contributed by atoms with Crippen LogP contribution in [0.3, 0.4) is 0 Å². The van der Waals surface area contributed by atoms with E-state index in [2.05, 4.69) is 20.9 Å². The molecular weight excluding hydrogens is 477 g/mol. The molecule has 2 amide bonds. The summed E-state index contributed by atoms with van der Waals surface area (Å²) in [6.07, 6.45) is 3.44. The minimum absolute atomic E-state index is 0.118. The van der Waals surface area contributed by atoms with Gasteiger partial charge in [0, 0.05) is 17.1 Å². The van der Waals surface area contributed by atoms with Crippen LogP contribution in [-0.2, 0) is 11.0 Å². The number of nitrogens with one attached hydrogen (secondary N) is 3. The molecule has 2 aliphatic rings. The summed E-state index contributed by atoms with van der Waals surface area (Å²) in [4.78, 5) is 30.9. The maximum absolute atomic E-state index is 13.1. The molecule has 2 saturated carbocycles. The molecule has 10 heteroatoms. The second-order valence-electron chi connectivity index (χ2n) is 9.62. The number of rotatable bonds is 9. The summed E-state index contributed by atoms with van der Waals surface area (Å²) in [5.74, 6) is 0.0177. The number of carbonyl (C=O) groups excluding carboxylic acids is 2. The van der Waals surface area contributed by atoms with E-state index in [9.17, 15) is 22.8 Å². The Morgan fingerprint density at radius 2 is 1.89 bits per heavy atom. The molecule has 2 atom stereocenters. The lowest BCUT2D eigenvalue weighted by atomic mass is 9.97. The number of amides is 2. The number of carbonyl (C=O) groups is 2. The number of hydrogen-bond acceptors (Lipinski definition) is 5. The topological polar surface area (TPSA) is 83.1 Å². The number of aromatic nitrogens is 1. The molecule has 35 heavy (non-hydrogen) atoms. The predicted octanol–water partition coefficient (Wildman–Crippen LogP) is 5.60. The van der Waals surface area contributed by atoms with E-state index in [4.69, 9.17) is 0 Å². The number of anilines is 1. The first-order valence-corrected chi connectivity index (χ1v) is 12.9. The van der Waals surface area contributed by atoms with Gasteiger partial charge in [0.1, 0.15) is 6.04 Å². The summed E-state index contributed by atoms with van der Waals surface area (Å²) in [6, 6.07) is 3.84. The van der Waals surface area contributed by atoms with Gasteiger partial charge in [-0.05, 0) is 57.2 Å². The van der Waals surface area contributed by atoms with Crippen LogP contribution in [0.2, 0.25) is 0 Å². The Morgan fingerprint density at radius 1 is 1.17 bits per heavy atom. The van der Waals surface area contributed by atoms with Gasteiger partial charge >= 0.3 is 6.18 Å². The lowest BCUT2D eigenvalue weighted by Gasteiger charge is -2.21. The summed E-state index contributed by atoms with van der Waals surface area (Å²) in [7, 11) is 0. The predicted molar refractivity (Wildman–Crippen MR) is 129 cm³/mol. The summed E-state index contributed by atoms with van der Waals surface area (Å²) in [5.41, 5.74) is -0.0715. The van der Waals surface area contributed by atoms with E-state index in [-0.39, 0.29) is 23.9 Å². The van der Waals surface area contributed by atoms with Crippen LogP contribution >= 0.6 is 11.3 Å². The van der Waals surface area contributed by atoms with E-state index in [0.29, 0.717) is 28.6 Å². The van der Waals surface area contributed by atoms with Crippen molar-refractivity contribution in [1.82, 2.24) is 15.6 Å². The fourth-order valence-electron chi connectivity index (χ4n) is 4.42. The maximum atomic E-state index is 13.1. The van der Waals surface area contributed by atoms with E-state index in [1.165, 1.54) is 11.3 Å². The van der Waals surface area contributed by atoms with Gasteiger partial charge in [-0.25, -0.2) is 0 Å². The summed E-state index contributed by atoms with van der Waals surface area (Å²) >= 11 is 1.26. The fourth-order valence-corrected chi connectivity index (χ4v) is 5.33. The molecule has 0 aromatic carbocycles.